The molecule has 0 saturated carbocycles. The standard InChI is InChI=1S/C16H26N2O2/c1-4-6-7-9-13(3)17-16(5-2)14-10-8-11-15(12-14)18(19)20/h8,10-13,16-17H,4-7,9H2,1-3H3. The molecule has 0 aliphatic rings. The van der Waals surface area contributed by atoms with Crippen LogP contribution < -0.4 is 5.32 Å². The highest BCUT2D eigenvalue weighted by Crippen LogP contribution is 2.22. The quantitative estimate of drug-likeness (QED) is 0.408. The Kier molecular flexibility index (Phi) is 7.23. The Balaban J connectivity index is 2.65. The van der Waals surface area contributed by atoms with Gasteiger partial charge in [-0.1, -0.05) is 45.2 Å². The third-order valence-corrected chi connectivity index (χ3v) is 3.62. The molecule has 20 heavy (non-hydrogen) atoms. The Hall–Kier alpha value is -1.42. The summed E-state index contributed by atoms with van der Waals surface area (Å²) in [6, 6.07) is 7.57. The number of hydrogen-bond donors (Lipinski definition) is 1. The van der Waals surface area contributed by atoms with Gasteiger partial charge < -0.3 is 5.32 Å². The van der Waals surface area contributed by atoms with Gasteiger partial charge in [-0.3, -0.25) is 10.1 Å². The molecule has 0 saturated heterocycles. The monoisotopic (exact) mass is 278 g/mol. The number of nitrogens with one attached hydrogen (secondary N) is 1. The van der Waals surface area contributed by atoms with Gasteiger partial charge in [0.2, 0.25) is 0 Å². The maximum absolute atomic E-state index is 10.8. The fourth-order valence-corrected chi connectivity index (χ4v) is 2.43. The van der Waals surface area contributed by atoms with Crippen molar-refractivity contribution in [1.29, 1.82) is 0 Å². The van der Waals surface area contributed by atoms with Crippen LogP contribution in [0, 0.1) is 10.1 Å². The molecule has 0 aliphatic carbocycles. The van der Waals surface area contributed by atoms with E-state index in [1.54, 1.807) is 18.2 Å². The van der Waals surface area contributed by atoms with Crippen LogP contribution in [0.1, 0.15) is 64.5 Å². The lowest BCUT2D eigenvalue weighted by atomic mass is 10.0. The minimum atomic E-state index is -0.332. The third kappa shape index (κ3) is 5.29. The lowest BCUT2D eigenvalue weighted by molar-refractivity contribution is -0.384. The Morgan fingerprint density at radius 3 is 2.65 bits per heavy atom. The van der Waals surface area contributed by atoms with E-state index in [4.69, 9.17) is 0 Å². The van der Waals surface area contributed by atoms with Gasteiger partial charge >= 0.3 is 0 Å². The smallest absolute Gasteiger partial charge is 0.269 e. The van der Waals surface area contributed by atoms with Crippen molar-refractivity contribution in [3.8, 4) is 0 Å². The molecule has 0 amide bonds. The first kappa shape index (κ1) is 16.6. The molecular formula is C16H26N2O2. The Labute approximate surface area is 121 Å². The molecule has 112 valence electrons. The van der Waals surface area contributed by atoms with Crippen LogP contribution in [-0.2, 0) is 0 Å². The zero-order chi connectivity index (χ0) is 15.0. The number of hydrogen-bond acceptors (Lipinski definition) is 3. The van der Waals surface area contributed by atoms with Gasteiger partial charge in [0, 0.05) is 24.2 Å². The highest BCUT2D eigenvalue weighted by molar-refractivity contribution is 5.35. The van der Waals surface area contributed by atoms with Gasteiger partial charge in [-0.25, -0.2) is 0 Å². The molecule has 0 bridgehead atoms. The van der Waals surface area contributed by atoms with Gasteiger partial charge in [-0.15, -0.1) is 0 Å². The van der Waals surface area contributed by atoms with E-state index in [1.807, 2.05) is 6.07 Å². The van der Waals surface area contributed by atoms with E-state index in [1.165, 1.54) is 19.3 Å². The molecule has 1 N–H and O–H groups in total. The van der Waals surface area contributed by atoms with Crippen LogP contribution >= 0.6 is 0 Å². The van der Waals surface area contributed by atoms with Crippen molar-refractivity contribution in [3.63, 3.8) is 0 Å². The summed E-state index contributed by atoms with van der Waals surface area (Å²) in [5.41, 5.74) is 1.17. The largest absolute Gasteiger partial charge is 0.307 e. The fraction of sp³-hybridized carbons (Fsp3) is 0.625. The van der Waals surface area contributed by atoms with Crippen molar-refractivity contribution < 1.29 is 4.92 Å². The van der Waals surface area contributed by atoms with E-state index in [9.17, 15) is 10.1 Å². The van der Waals surface area contributed by atoms with Crippen LogP contribution in [0.4, 0.5) is 5.69 Å². The van der Waals surface area contributed by atoms with Gasteiger partial charge in [0.15, 0.2) is 0 Å². The van der Waals surface area contributed by atoms with E-state index >= 15 is 0 Å². The molecule has 0 fully saturated rings. The van der Waals surface area contributed by atoms with E-state index in [-0.39, 0.29) is 16.7 Å². The number of non-ortho nitro benzene ring substituents is 1. The summed E-state index contributed by atoms with van der Waals surface area (Å²) in [6.45, 7) is 6.50. The second kappa shape index (κ2) is 8.69. The lowest BCUT2D eigenvalue weighted by Crippen LogP contribution is -2.30. The van der Waals surface area contributed by atoms with E-state index < -0.39 is 0 Å². The maximum atomic E-state index is 10.8. The van der Waals surface area contributed by atoms with Gasteiger partial charge in [-0.2, -0.15) is 0 Å². The second-order valence-electron chi connectivity index (χ2n) is 5.38. The van der Waals surface area contributed by atoms with Crippen molar-refractivity contribution in [2.45, 2.75) is 65.0 Å². The summed E-state index contributed by atoms with van der Waals surface area (Å²) in [5, 5.41) is 14.4. The Morgan fingerprint density at radius 1 is 1.30 bits per heavy atom. The number of unbranched alkanes of at least 4 members (excludes halogenated alkanes) is 2. The number of nitrogens with zero attached hydrogens (tertiary/aromatic N) is 1. The predicted octanol–water partition coefficient (Wildman–Crippen LogP) is 4.60. The van der Waals surface area contributed by atoms with Crippen LogP contribution in [-0.4, -0.2) is 11.0 Å². The van der Waals surface area contributed by atoms with Crippen molar-refractivity contribution >= 4 is 5.69 Å². The summed E-state index contributed by atoms with van der Waals surface area (Å²) in [7, 11) is 0. The first-order valence-electron chi connectivity index (χ1n) is 7.58. The summed E-state index contributed by atoms with van der Waals surface area (Å²) in [5.74, 6) is 0. The average molecular weight is 278 g/mol. The number of nitro benzene ring substituents is 1. The van der Waals surface area contributed by atoms with Crippen molar-refractivity contribution in [2.75, 3.05) is 0 Å². The maximum Gasteiger partial charge on any atom is 0.269 e. The first-order valence-corrected chi connectivity index (χ1v) is 7.58. The summed E-state index contributed by atoms with van der Waals surface area (Å²) >= 11 is 0. The van der Waals surface area contributed by atoms with Crippen molar-refractivity contribution in [2.24, 2.45) is 0 Å². The Morgan fingerprint density at radius 2 is 2.05 bits per heavy atom. The normalized spacial score (nSPS) is 13.9. The van der Waals surface area contributed by atoms with Crippen molar-refractivity contribution in [1.82, 2.24) is 5.32 Å². The Bertz CT molecular complexity index is 421. The zero-order valence-electron chi connectivity index (χ0n) is 12.8. The van der Waals surface area contributed by atoms with Crippen LogP contribution in [0.3, 0.4) is 0 Å². The molecule has 0 aromatic heterocycles. The zero-order valence-corrected chi connectivity index (χ0v) is 12.8. The molecule has 2 atom stereocenters. The molecule has 2 unspecified atom stereocenters. The minimum absolute atomic E-state index is 0.168. The van der Waals surface area contributed by atoms with E-state index in [0.717, 1.165) is 18.4 Å². The molecule has 1 rings (SSSR count). The number of nitro groups is 1. The van der Waals surface area contributed by atoms with Crippen molar-refractivity contribution in [3.05, 3.63) is 39.9 Å². The van der Waals surface area contributed by atoms with Crippen LogP contribution in [0.2, 0.25) is 0 Å². The molecule has 0 radical (unpaired) electrons. The molecule has 0 heterocycles. The van der Waals surface area contributed by atoms with Crippen LogP contribution in [0.5, 0.6) is 0 Å². The van der Waals surface area contributed by atoms with Crippen LogP contribution in [0.15, 0.2) is 24.3 Å². The minimum Gasteiger partial charge on any atom is -0.307 e. The second-order valence-corrected chi connectivity index (χ2v) is 5.38. The number of rotatable bonds is 9. The first-order chi connectivity index (χ1) is 9.58. The predicted molar refractivity (Wildman–Crippen MR) is 82.9 cm³/mol. The van der Waals surface area contributed by atoms with E-state index in [2.05, 4.69) is 26.1 Å². The van der Waals surface area contributed by atoms with Crippen LogP contribution in [0.25, 0.3) is 0 Å². The molecular weight excluding hydrogens is 252 g/mol. The highest BCUT2D eigenvalue weighted by atomic mass is 16.6. The molecule has 4 heteroatoms. The fourth-order valence-electron chi connectivity index (χ4n) is 2.43. The topological polar surface area (TPSA) is 55.2 Å². The molecule has 1 aromatic rings. The summed E-state index contributed by atoms with van der Waals surface area (Å²) in [6.07, 6.45) is 5.81. The van der Waals surface area contributed by atoms with Gasteiger partial charge in [0.05, 0.1) is 4.92 Å². The average Bonchev–Trinajstić information content (AvgIpc) is 2.45. The van der Waals surface area contributed by atoms with E-state index in [0.29, 0.717) is 6.04 Å². The van der Waals surface area contributed by atoms with Gasteiger partial charge in [-0.05, 0) is 25.3 Å². The van der Waals surface area contributed by atoms with Gasteiger partial charge in [0.1, 0.15) is 0 Å². The molecule has 1 aromatic carbocycles. The lowest BCUT2D eigenvalue weighted by Gasteiger charge is -2.22. The third-order valence-electron chi connectivity index (χ3n) is 3.62. The number of benzene rings is 1. The van der Waals surface area contributed by atoms with Gasteiger partial charge in [0.25, 0.3) is 5.69 Å². The molecule has 0 aliphatic heterocycles. The SMILES string of the molecule is CCCCCC(C)NC(CC)c1cccc([N+](=O)[O-])c1. The molecule has 4 nitrogen and oxygen atoms in total. The summed E-state index contributed by atoms with van der Waals surface area (Å²) < 4.78 is 0. The summed E-state index contributed by atoms with van der Waals surface area (Å²) in [4.78, 5) is 10.5. The molecule has 0 spiro atoms. The highest BCUT2D eigenvalue weighted by Gasteiger charge is 2.15.